The normalized spacial score (nSPS) is 18.6. The van der Waals surface area contributed by atoms with Crippen molar-refractivity contribution >= 4 is 11.4 Å². The first-order valence-corrected chi connectivity index (χ1v) is 13.1. The van der Waals surface area contributed by atoms with Gasteiger partial charge in [-0.05, 0) is 31.6 Å². The molecule has 5 rings (SSSR count). The van der Waals surface area contributed by atoms with E-state index >= 15 is 0 Å². The van der Waals surface area contributed by atoms with E-state index in [1.807, 2.05) is 49.6 Å². The van der Waals surface area contributed by atoms with Crippen molar-refractivity contribution in [2.24, 2.45) is 17.3 Å². The van der Waals surface area contributed by atoms with E-state index in [-0.39, 0.29) is 17.1 Å². The average molecular weight is 496 g/mol. The minimum absolute atomic E-state index is 0.139. The molecule has 1 aromatic carbocycles. The van der Waals surface area contributed by atoms with Gasteiger partial charge in [0.25, 0.3) is 0 Å². The molecule has 0 fully saturated rings. The molecule has 0 saturated carbocycles. The van der Waals surface area contributed by atoms with Crippen molar-refractivity contribution in [2.45, 2.75) is 53.4 Å². The number of aromatic hydroxyl groups is 1. The van der Waals surface area contributed by atoms with Gasteiger partial charge in [0.1, 0.15) is 11.5 Å². The third kappa shape index (κ3) is 6.73. The van der Waals surface area contributed by atoms with Crippen LogP contribution in [0.4, 0.5) is 0 Å². The summed E-state index contributed by atoms with van der Waals surface area (Å²) in [5.74, 6) is 1.23. The highest BCUT2D eigenvalue weighted by molar-refractivity contribution is 5.80. The van der Waals surface area contributed by atoms with Gasteiger partial charge in [0.2, 0.25) is 5.88 Å². The first-order chi connectivity index (χ1) is 17.7. The van der Waals surface area contributed by atoms with Gasteiger partial charge in [0.05, 0.1) is 11.4 Å². The van der Waals surface area contributed by atoms with Crippen molar-refractivity contribution in [1.82, 2.24) is 14.4 Å². The molecule has 0 bridgehead atoms. The average Bonchev–Trinajstić information content (AvgIpc) is 3.21. The second-order valence-corrected chi connectivity index (χ2v) is 10.8. The number of ketones is 1. The highest BCUT2D eigenvalue weighted by atomic mass is 16.3. The number of hydrogen-bond acceptors (Lipinski definition) is 4. The Bertz CT molecular complexity index is 1350. The maximum Gasteiger partial charge on any atom is 0.219 e. The number of aromatic nitrogens is 3. The Hall–Kier alpha value is -3.73. The molecule has 192 valence electrons. The van der Waals surface area contributed by atoms with E-state index in [0.717, 1.165) is 54.0 Å². The van der Waals surface area contributed by atoms with Crippen LogP contribution in [0.3, 0.4) is 0 Å². The number of imidazole rings is 1. The standard InChI is InChI=1S/C26H25N3O.C6H12O/c30-26-23(17-20-12-6-2-7-13-20)28-25-22(16-19-10-4-1-5-11-19)27-24(18-29(25)26)21-14-8-3-9-15-21;1-5(7)6(2,3)4/h1-10,12,14-15,18-20,30H,11,13,16-17H2;1-4H3/t19?,20-;/m0./s1. The van der Waals surface area contributed by atoms with Gasteiger partial charge in [0.15, 0.2) is 5.65 Å². The molecule has 2 aliphatic rings. The second-order valence-electron chi connectivity index (χ2n) is 10.8. The summed E-state index contributed by atoms with van der Waals surface area (Å²) >= 11 is 0. The Morgan fingerprint density at radius 1 is 0.919 bits per heavy atom. The topological polar surface area (TPSA) is 67.5 Å². The van der Waals surface area contributed by atoms with Gasteiger partial charge in [0, 0.05) is 30.0 Å². The van der Waals surface area contributed by atoms with Crippen molar-refractivity contribution < 1.29 is 9.90 Å². The number of benzene rings is 1. The van der Waals surface area contributed by atoms with Gasteiger partial charge in [-0.15, -0.1) is 0 Å². The first-order valence-electron chi connectivity index (χ1n) is 13.1. The Kier molecular flexibility index (Phi) is 8.22. The maximum atomic E-state index is 11.0. The predicted molar refractivity (Wildman–Crippen MR) is 150 cm³/mol. The summed E-state index contributed by atoms with van der Waals surface area (Å²) in [5.41, 5.74) is 4.19. The smallest absolute Gasteiger partial charge is 0.219 e. The molecule has 2 heterocycles. The van der Waals surface area contributed by atoms with Crippen LogP contribution in [0.1, 0.15) is 51.9 Å². The third-order valence-electron chi connectivity index (χ3n) is 6.90. The predicted octanol–water partition coefficient (Wildman–Crippen LogP) is 7.07. The summed E-state index contributed by atoms with van der Waals surface area (Å²) in [7, 11) is 0. The van der Waals surface area contributed by atoms with Gasteiger partial charge in [-0.1, -0.05) is 99.7 Å². The molecule has 0 spiro atoms. The fourth-order valence-corrected chi connectivity index (χ4v) is 4.23. The molecular formula is C32H37N3O2. The van der Waals surface area contributed by atoms with E-state index in [0.29, 0.717) is 11.8 Å². The molecule has 3 aromatic rings. The largest absolute Gasteiger partial charge is 0.493 e. The second kappa shape index (κ2) is 11.5. The van der Waals surface area contributed by atoms with Crippen LogP contribution in [-0.2, 0) is 17.6 Å². The number of hydrogen-bond donors (Lipinski definition) is 1. The SMILES string of the molecule is CC(=O)C(C)(C)C.Oc1c(C[C@H]2C=CC=CC2)nc2c(CC3C=CC=CC3)nc(-c3ccccc3)cn12. The molecule has 5 heteroatoms. The van der Waals surface area contributed by atoms with E-state index in [1.54, 1.807) is 6.92 Å². The van der Waals surface area contributed by atoms with E-state index in [4.69, 9.17) is 9.97 Å². The highest BCUT2D eigenvalue weighted by Crippen LogP contribution is 2.30. The number of fused-ring (bicyclic) bond motifs is 1. The van der Waals surface area contributed by atoms with Crippen LogP contribution in [0.15, 0.2) is 85.1 Å². The fraction of sp³-hybridized carbons (Fsp3) is 0.344. The van der Waals surface area contributed by atoms with E-state index < -0.39 is 0 Å². The van der Waals surface area contributed by atoms with Crippen LogP contribution in [0.2, 0.25) is 0 Å². The molecule has 5 nitrogen and oxygen atoms in total. The Balaban J connectivity index is 0.000000405. The molecule has 1 unspecified atom stereocenters. The number of Topliss-reactive ketones (excluding diaryl/α,β-unsaturated/α-hetero) is 1. The van der Waals surface area contributed by atoms with E-state index in [1.165, 1.54) is 0 Å². The number of carbonyl (C=O) groups is 1. The Morgan fingerprint density at radius 3 is 2.00 bits per heavy atom. The lowest BCUT2D eigenvalue weighted by Gasteiger charge is -2.14. The molecule has 0 radical (unpaired) electrons. The maximum absolute atomic E-state index is 11.0. The molecule has 2 aromatic heterocycles. The van der Waals surface area contributed by atoms with Crippen molar-refractivity contribution in [3.05, 3.63) is 96.5 Å². The quantitative estimate of drug-likeness (QED) is 0.411. The van der Waals surface area contributed by atoms with Crippen LogP contribution in [-0.4, -0.2) is 25.3 Å². The van der Waals surface area contributed by atoms with Gasteiger partial charge in [-0.25, -0.2) is 9.97 Å². The third-order valence-corrected chi connectivity index (χ3v) is 6.90. The number of allylic oxidation sites excluding steroid dienone is 8. The zero-order valence-corrected chi connectivity index (χ0v) is 22.3. The summed E-state index contributed by atoms with van der Waals surface area (Å²) in [6.45, 7) is 7.35. The summed E-state index contributed by atoms with van der Waals surface area (Å²) in [5, 5.41) is 11.0. The van der Waals surface area contributed by atoms with Crippen molar-refractivity contribution in [3.63, 3.8) is 0 Å². The Morgan fingerprint density at radius 2 is 1.49 bits per heavy atom. The summed E-state index contributed by atoms with van der Waals surface area (Å²) in [4.78, 5) is 20.3. The van der Waals surface area contributed by atoms with Crippen LogP contribution in [0.25, 0.3) is 16.9 Å². The zero-order valence-electron chi connectivity index (χ0n) is 22.3. The molecule has 1 N–H and O–H groups in total. The van der Waals surface area contributed by atoms with Gasteiger partial charge < -0.3 is 5.11 Å². The lowest BCUT2D eigenvalue weighted by Crippen LogP contribution is -2.15. The molecule has 0 amide bonds. The van der Waals surface area contributed by atoms with Gasteiger partial charge >= 0.3 is 0 Å². The lowest BCUT2D eigenvalue weighted by atomic mass is 9.92. The Labute approximate surface area is 220 Å². The van der Waals surface area contributed by atoms with Crippen LogP contribution >= 0.6 is 0 Å². The molecule has 0 saturated heterocycles. The fourth-order valence-electron chi connectivity index (χ4n) is 4.23. The van der Waals surface area contributed by atoms with Gasteiger partial charge in [-0.2, -0.15) is 0 Å². The van der Waals surface area contributed by atoms with Crippen molar-refractivity contribution in [1.29, 1.82) is 0 Å². The number of rotatable bonds is 5. The van der Waals surface area contributed by atoms with Crippen LogP contribution in [0.5, 0.6) is 5.88 Å². The number of carbonyl (C=O) groups excluding carboxylic acids is 1. The monoisotopic (exact) mass is 495 g/mol. The van der Waals surface area contributed by atoms with Crippen molar-refractivity contribution in [3.8, 4) is 17.1 Å². The minimum atomic E-state index is -0.139. The van der Waals surface area contributed by atoms with E-state index in [2.05, 4.69) is 60.7 Å². The van der Waals surface area contributed by atoms with Crippen molar-refractivity contribution in [2.75, 3.05) is 0 Å². The highest BCUT2D eigenvalue weighted by Gasteiger charge is 2.21. The molecule has 37 heavy (non-hydrogen) atoms. The minimum Gasteiger partial charge on any atom is -0.493 e. The van der Waals surface area contributed by atoms with Crippen LogP contribution in [0, 0.1) is 17.3 Å². The number of nitrogens with zero attached hydrogens (tertiary/aromatic N) is 3. The lowest BCUT2D eigenvalue weighted by molar-refractivity contribution is -0.124. The molecular weight excluding hydrogens is 458 g/mol. The molecule has 0 aliphatic heterocycles. The molecule has 2 aliphatic carbocycles. The van der Waals surface area contributed by atoms with Crippen LogP contribution < -0.4 is 0 Å². The van der Waals surface area contributed by atoms with Gasteiger partial charge in [-0.3, -0.25) is 9.20 Å². The molecule has 2 atom stereocenters. The zero-order chi connectivity index (χ0) is 26.4. The summed E-state index contributed by atoms with van der Waals surface area (Å²) in [6, 6.07) is 10.1. The summed E-state index contributed by atoms with van der Waals surface area (Å²) in [6.07, 6.45) is 22.5. The summed E-state index contributed by atoms with van der Waals surface area (Å²) < 4.78 is 1.82. The van der Waals surface area contributed by atoms with E-state index in [9.17, 15) is 9.90 Å². The first kappa shape index (κ1) is 26.3.